The van der Waals surface area contributed by atoms with Crippen LogP contribution in [0, 0.1) is 5.92 Å². The number of benzene rings is 1. The molecule has 24 heavy (non-hydrogen) atoms. The van der Waals surface area contributed by atoms with Crippen molar-refractivity contribution in [1.82, 2.24) is 20.3 Å². The minimum absolute atomic E-state index is 0.0711. The SMILES string of the molecule is O=C(NC(C(=O)O)C1CCCOC1)c1cnn(-c2ccccc2)n1. The molecule has 1 saturated heterocycles. The number of carboxylic acids is 1. The number of aliphatic carboxylic acids is 1. The Kier molecular flexibility index (Phi) is 4.85. The highest BCUT2D eigenvalue weighted by Crippen LogP contribution is 2.18. The summed E-state index contributed by atoms with van der Waals surface area (Å²) < 4.78 is 5.32. The fourth-order valence-electron chi connectivity index (χ4n) is 2.68. The topological polar surface area (TPSA) is 106 Å². The molecule has 1 aliphatic rings. The van der Waals surface area contributed by atoms with Gasteiger partial charge >= 0.3 is 5.97 Å². The Labute approximate surface area is 138 Å². The summed E-state index contributed by atoms with van der Waals surface area (Å²) in [6, 6.07) is 8.15. The van der Waals surface area contributed by atoms with Crippen molar-refractivity contribution in [3.63, 3.8) is 0 Å². The maximum absolute atomic E-state index is 12.3. The van der Waals surface area contributed by atoms with Gasteiger partial charge in [0, 0.05) is 12.5 Å². The number of nitrogens with zero attached hydrogens (tertiary/aromatic N) is 3. The molecule has 1 amide bonds. The molecule has 0 radical (unpaired) electrons. The van der Waals surface area contributed by atoms with Crippen LogP contribution in [-0.2, 0) is 9.53 Å². The standard InChI is InChI=1S/C16H18N4O4/c21-15(18-14(16(22)23)11-5-4-8-24-10-11)13-9-17-20(19-13)12-6-2-1-3-7-12/h1-3,6-7,9,11,14H,4-5,8,10H2,(H,18,21)(H,22,23). The molecule has 0 bridgehead atoms. The molecule has 8 nitrogen and oxygen atoms in total. The van der Waals surface area contributed by atoms with E-state index in [-0.39, 0.29) is 11.6 Å². The number of carbonyl (C=O) groups excluding carboxylic acids is 1. The molecule has 1 aromatic carbocycles. The Hall–Kier alpha value is -2.74. The second kappa shape index (κ2) is 7.22. The summed E-state index contributed by atoms with van der Waals surface area (Å²) in [6.07, 6.45) is 2.81. The van der Waals surface area contributed by atoms with E-state index in [1.165, 1.54) is 11.0 Å². The summed E-state index contributed by atoms with van der Waals surface area (Å²) in [6.45, 7) is 0.955. The highest BCUT2D eigenvalue weighted by molar-refractivity contribution is 5.94. The van der Waals surface area contributed by atoms with E-state index in [9.17, 15) is 14.7 Å². The lowest BCUT2D eigenvalue weighted by atomic mass is 9.93. The van der Waals surface area contributed by atoms with Crippen LogP contribution in [0.3, 0.4) is 0 Å². The van der Waals surface area contributed by atoms with E-state index in [1.807, 2.05) is 18.2 Å². The Bertz CT molecular complexity index is 710. The van der Waals surface area contributed by atoms with Crippen LogP contribution in [0.1, 0.15) is 23.3 Å². The van der Waals surface area contributed by atoms with Gasteiger partial charge in [0.2, 0.25) is 0 Å². The molecule has 1 fully saturated rings. The summed E-state index contributed by atoms with van der Waals surface area (Å²) in [5.74, 6) is -1.88. The second-order valence-corrected chi connectivity index (χ2v) is 5.62. The largest absolute Gasteiger partial charge is 0.480 e. The Balaban J connectivity index is 1.71. The lowest BCUT2D eigenvalue weighted by Gasteiger charge is -2.27. The van der Waals surface area contributed by atoms with Crippen LogP contribution < -0.4 is 5.32 Å². The molecule has 126 valence electrons. The summed E-state index contributed by atoms with van der Waals surface area (Å²) in [5.41, 5.74) is 0.786. The molecule has 2 heterocycles. The van der Waals surface area contributed by atoms with Crippen LogP contribution >= 0.6 is 0 Å². The van der Waals surface area contributed by atoms with Gasteiger partial charge in [-0.05, 0) is 25.0 Å². The first-order valence-corrected chi connectivity index (χ1v) is 7.74. The molecule has 0 spiro atoms. The number of ether oxygens (including phenoxy) is 1. The van der Waals surface area contributed by atoms with Gasteiger partial charge in [0.15, 0.2) is 5.69 Å². The van der Waals surface area contributed by atoms with E-state index in [0.717, 1.165) is 6.42 Å². The predicted molar refractivity (Wildman–Crippen MR) is 83.8 cm³/mol. The molecule has 3 rings (SSSR count). The molecular formula is C16H18N4O4. The van der Waals surface area contributed by atoms with Gasteiger partial charge in [-0.2, -0.15) is 9.90 Å². The number of amides is 1. The van der Waals surface area contributed by atoms with Crippen LogP contribution in [0.4, 0.5) is 0 Å². The first-order valence-electron chi connectivity index (χ1n) is 7.74. The van der Waals surface area contributed by atoms with Crippen molar-refractivity contribution in [3.8, 4) is 5.69 Å². The van der Waals surface area contributed by atoms with Gasteiger partial charge in [0.1, 0.15) is 6.04 Å². The highest BCUT2D eigenvalue weighted by Gasteiger charge is 2.32. The Morgan fingerprint density at radius 2 is 2.12 bits per heavy atom. The normalized spacial score (nSPS) is 18.8. The van der Waals surface area contributed by atoms with Crippen molar-refractivity contribution in [1.29, 1.82) is 0 Å². The van der Waals surface area contributed by atoms with Crippen molar-refractivity contribution in [2.24, 2.45) is 5.92 Å². The molecule has 0 aliphatic carbocycles. The van der Waals surface area contributed by atoms with Crippen LogP contribution in [0.15, 0.2) is 36.5 Å². The highest BCUT2D eigenvalue weighted by atomic mass is 16.5. The number of hydrogen-bond acceptors (Lipinski definition) is 5. The van der Waals surface area contributed by atoms with Crippen molar-refractivity contribution >= 4 is 11.9 Å². The van der Waals surface area contributed by atoms with E-state index >= 15 is 0 Å². The van der Waals surface area contributed by atoms with Gasteiger partial charge in [-0.15, -0.1) is 5.10 Å². The van der Waals surface area contributed by atoms with Crippen molar-refractivity contribution < 1.29 is 19.4 Å². The third-order valence-corrected chi connectivity index (χ3v) is 3.93. The fourth-order valence-corrected chi connectivity index (χ4v) is 2.68. The molecule has 2 unspecified atom stereocenters. The molecule has 2 N–H and O–H groups in total. The van der Waals surface area contributed by atoms with Crippen molar-refractivity contribution in [2.45, 2.75) is 18.9 Å². The lowest BCUT2D eigenvalue weighted by molar-refractivity contribution is -0.142. The summed E-state index contributed by atoms with van der Waals surface area (Å²) in [5, 5.41) is 20.1. The van der Waals surface area contributed by atoms with Crippen molar-refractivity contribution in [2.75, 3.05) is 13.2 Å². The number of rotatable bonds is 5. The Morgan fingerprint density at radius 3 is 2.79 bits per heavy atom. The third kappa shape index (κ3) is 3.60. The molecule has 0 saturated carbocycles. The van der Waals surface area contributed by atoms with Gasteiger partial charge in [-0.3, -0.25) is 4.79 Å². The monoisotopic (exact) mass is 330 g/mol. The van der Waals surface area contributed by atoms with E-state index in [4.69, 9.17) is 4.74 Å². The fraction of sp³-hybridized carbons (Fsp3) is 0.375. The molecule has 8 heteroatoms. The quantitative estimate of drug-likeness (QED) is 0.843. The molecular weight excluding hydrogens is 312 g/mol. The minimum atomic E-state index is -1.07. The number of carboxylic acid groups (broad SMARTS) is 1. The maximum atomic E-state index is 12.3. The maximum Gasteiger partial charge on any atom is 0.326 e. The number of para-hydroxylation sites is 1. The van der Waals surface area contributed by atoms with Crippen molar-refractivity contribution in [3.05, 3.63) is 42.2 Å². The zero-order chi connectivity index (χ0) is 16.9. The number of carbonyl (C=O) groups is 2. The zero-order valence-corrected chi connectivity index (χ0v) is 13.0. The molecule has 2 atom stereocenters. The predicted octanol–water partition coefficient (Wildman–Crippen LogP) is 0.877. The van der Waals surface area contributed by atoms with Gasteiger partial charge < -0.3 is 15.2 Å². The van der Waals surface area contributed by atoms with Crippen LogP contribution in [-0.4, -0.2) is 51.2 Å². The smallest absolute Gasteiger partial charge is 0.326 e. The van der Waals surface area contributed by atoms with Gasteiger partial charge in [-0.1, -0.05) is 18.2 Å². The van der Waals surface area contributed by atoms with Gasteiger partial charge in [-0.25, -0.2) is 4.79 Å². The summed E-state index contributed by atoms with van der Waals surface area (Å²) >= 11 is 0. The van der Waals surface area contributed by atoms with Crippen LogP contribution in [0.25, 0.3) is 5.69 Å². The first kappa shape index (κ1) is 16.1. The molecule has 1 aliphatic heterocycles. The van der Waals surface area contributed by atoms with Crippen LogP contribution in [0.2, 0.25) is 0 Å². The summed E-state index contributed by atoms with van der Waals surface area (Å²) in [4.78, 5) is 25.1. The van der Waals surface area contributed by atoms with E-state index < -0.39 is 17.9 Å². The summed E-state index contributed by atoms with van der Waals surface area (Å²) in [7, 11) is 0. The van der Waals surface area contributed by atoms with E-state index in [0.29, 0.717) is 25.3 Å². The van der Waals surface area contributed by atoms with Gasteiger partial charge in [0.05, 0.1) is 18.5 Å². The number of aromatic nitrogens is 3. The minimum Gasteiger partial charge on any atom is -0.480 e. The van der Waals surface area contributed by atoms with Gasteiger partial charge in [0.25, 0.3) is 5.91 Å². The van der Waals surface area contributed by atoms with Crippen LogP contribution in [0.5, 0.6) is 0 Å². The second-order valence-electron chi connectivity index (χ2n) is 5.62. The van der Waals surface area contributed by atoms with E-state index in [2.05, 4.69) is 15.5 Å². The Morgan fingerprint density at radius 1 is 1.33 bits per heavy atom. The number of hydrogen-bond donors (Lipinski definition) is 2. The average Bonchev–Trinajstić information content (AvgIpc) is 3.11. The third-order valence-electron chi connectivity index (χ3n) is 3.93. The lowest BCUT2D eigenvalue weighted by Crippen LogP contribution is -2.48. The first-order chi connectivity index (χ1) is 11.6. The molecule has 1 aromatic heterocycles. The van der Waals surface area contributed by atoms with E-state index in [1.54, 1.807) is 12.1 Å². The average molecular weight is 330 g/mol. The zero-order valence-electron chi connectivity index (χ0n) is 13.0. The molecule has 2 aromatic rings. The number of nitrogens with one attached hydrogen (secondary N) is 1.